The summed E-state index contributed by atoms with van der Waals surface area (Å²) in [5, 5.41) is 3.82. The standard InChI is InChI=1S/C17H34N2/c1-14(2)16-5-4-6-17(13-16)18-9-12-19-10-7-15(3)8-11-19/h14-18H,4-13H2,1-3H3. The molecule has 2 fully saturated rings. The summed E-state index contributed by atoms with van der Waals surface area (Å²) in [5.41, 5.74) is 0. The van der Waals surface area contributed by atoms with Crippen LogP contribution in [0.1, 0.15) is 59.3 Å². The normalized spacial score (nSPS) is 30.9. The van der Waals surface area contributed by atoms with Gasteiger partial charge in [0.05, 0.1) is 0 Å². The highest BCUT2D eigenvalue weighted by Crippen LogP contribution is 2.29. The van der Waals surface area contributed by atoms with Crippen LogP contribution in [0.25, 0.3) is 0 Å². The maximum atomic E-state index is 3.82. The van der Waals surface area contributed by atoms with Gasteiger partial charge in [0.2, 0.25) is 0 Å². The van der Waals surface area contributed by atoms with Crippen molar-refractivity contribution in [2.24, 2.45) is 17.8 Å². The quantitative estimate of drug-likeness (QED) is 0.819. The van der Waals surface area contributed by atoms with Crippen LogP contribution in [-0.4, -0.2) is 37.1 Å². The molecule has 2 aliphatic rings. The summed E-state index contributed by atoms with van der Waals surface area (Å²) < 4.78 is 0. The van der Waals surface area contributed by atoms with Crippen molar-refractivity contribution in [2.75, 3.05) is 26.2 Å². The molecule has 1 aliphatic heterocycles. The number of piperidine rings is 1. The largest absolute Gasteiger partial charge is 0.313 e. The Morgan fingerprint density at radius 2 is 1.84 bits per heavy atom. The van der Waals surface area contributed by atoms with Crippen LogP contribution in [0.4, 0.5) is 0 Å². The lowest BCUT2D eigenvalue weighted by atomic mass is 9.79. The van der Waals surface area contributed by atoms with Crippen LogP contribution in [0.5, 0.6) is 0 Å². The molecule has 0 amide bonds. The summed E-state index contributed by atoms with van der Waals surface area (Å²) in [6, 6.07) is 0.796. The van der Waals surface area contributed by atoms with E-state index in [-0.39, 0.29) is 0 Å². The van der Waals surface area contributed by atoms with E-state index < -0.39 is 0 Å². The van der Waals surface area contributed by atoms with Gasteiger partial charge in [-0.15, -0.1) is 0 Å². The van der Waals surface area contributed by atoms with Crippen molar-refractivity contribution in [2.45, 2.75) is 65.3 Å². The van der Waals surface area contributed by atoms with E-state index in [2.05, 4.69) is 31.0 Å². The van der Waals surface area contributed by atoms with Crippen molar-refractivity contribution in [1.82, 2.24) is 10.2 Å². The Kier molecular flexibility index (Phi) is 6.15. The Morgan fingerprint density at radius 1 is 1.11 bits per heavy atom. The predicted molar refractivity (Wildman–Crippen MR) is 83.4 cm³/mol. The van der Waals surface area contributed by atoms with Crippen LogP contribution >= 0.6 is 0 Å². The summed E-state index contributed by atoms with van der Waals surface area (Å²) in [4.78, 5) is 2.65. The van der Waals surface area contributed by atoms with Gasteiger partial charge in [-0.1, -0.05) is 33.6 Å². The van der Waals surface area contributed by atoms with Gasteiger partial charge < -0.3 is 10.2 Å². The minimum Gasteiger partial charge on any atom is -0.313 e. The van der Waals surface area contributed by atoms with Crippen molar-refractivity contribution < 1.29 is 0 Å². The number of hydrogen-bond donors (Lipinski definition) is 1. The molecule has 1 saturated heterocycles. The maximum Gasteiger partial charge on any atom is 0.0107 e. The number of likely N-dealkylation sites (tertiary alicyclic amines) is 1. The number of nitrogens with one attached hydrogen (secondary N) is 1. The van der Waals surface area contributed by atoms with Crippen LogP contribution in [0.2, 0.25) is 0 Å². The number of hydrogen-bond acceptors (Lipinski definition) is 2. The fourth-order valence-corrected chi connectivity index (χ4v) is 3.73. The molecule has 2 atom stereocenters. The second kappa shape index (κ2) is 7.64. The molecule has 0 bridgehead atoms. The van der Waals surface area contributed by atoms with Gasteiger partial charge in [0.25, 0.3) is 0 Å². The highest BCUT2D eigenvalue weighted by molar-refractivity contribution is 4.80. The minimum atomic E-state index is 0.796. The summed E-state index contributed by atoms with van der Waals surface area (Å²) in [5.74, 6) is 2.78. The number of nitrogens with zero attached hydrogens (tertiary/aromatic N) is 1. The third-order valence-corrected chi connectivity index (χ3v) is 5.39. The van der Waals surface area contributed by atoms with Gasteiger partial charge in [0, 0.05) is 19.1 Å². The van der Waals surface area contributed by atoms with Crippen LogP contribution in [0, 0.1) is 17.8 Å². The van der Waals surface area contributed by atoms with Gasteiger partial charge in [-0.05, 0) is 56.5 Å². The van der Waals surface area contributed by atoms with Crippen molar-refractivity contribution >= 4 is 0 Å². The molecule has 2 nitrogen and oxygen atoms in total. The molecule has 1 saturated carbocycles. The molecular formula is C17H34N2. The van der Waals surface area contributed by atoms with Crippen molar-refractivity contribution in [1.29, 1.82) is 0 Å². The highest BCUT2D eigenvalue weighted by atomic mass is 15.1. The van der Waals surface area contributed by atoms with Gasteiger partial charge in [-0.2, -0.15) is 0 Å². The van der Waals surface area contributed by atoms with Gasteiger partial charge in [0.1, 0.15) is 0 Å². The van der Waals surface area contributed by atoms with E-state index >= 15 is 0 Å². The first-order valence-corrected chi connectivity index (χ1v) is 8.61. The molecule has 0 radical (unpaired) electrons. The third kappa shape index (κ3) is 5.07. The molecule has 0 spiro atoms. The van der Waals surface area contributed by atoms with E-state index in [4.69, 9.17) is 0 Å². The van der Waals surface area contributed by atoms with Gasteiger partial charge in [-0.3, -0.25) is 0 Å². The third-order valence-electron chi connectivity index (χ3n) is 5.39. The van der Waals surface area contributed by atoms with Gasteiger partial charge in [0.15, 0.2) is 0 Å². The van der Waals surface area contributed by atoms with Gasteiger partial charge >= 0.3 is 0 Å². The zero-order chi connectivity index (χ0) is 13.7. The smallest absolute Gasteiger partial charge is 0.0107 e. The Morgan fingerprint density at radius 3 is 2.53 bits per heavy atom. The van der Waals surface area contributed by atoms with Crippen LogP contribution < -0.4 is 5.32 Å². The first-order chi connectivity index (χ1) is 9.15. The molecule has 2 unspecified atom stereocenters. The second-order valence-corrected chi connectivity index (χ2v) is 7.35. The fourth-order valence-electron chi connectivity index (χ4n) is 3.73. The molecule has 1 N–H and O–H groups in total. The van der Waals surface area contributed by atoms with E-state index in [0.717, 1.165) is 23.8 Å². The molecular weight excluding hydrogens is 232 g/mol. The average Bonchev–Trinajstić information content (AvgIpc) is 2.41. The van der Waals surface area contributed by atoms with E-state index in [9.17, 15) is 0 Å². The lowest BCUT2D eigenvalue weighted by Gasteiger charge is -2.34. The Balaban J connectivity index is 1.60. The SMILES string of the molecule is CC1CCN(CCNC2CCCC(C(C)C)C2)CC1. The molecule has 2 rings (SSSR count). The molecule has 19 heavy (non-hydrogen) atoms. The molecule has 112 valence electrons. The molecule has 1 heterocycles. The molecule has 2 heteroatoms. The zero-order valence-corrected chi connectivity index (χ0v) is 13.3. The predicted octanol–water partition coefficient (Wildman–Crippen LogP) is 3.52. The summed E-state index contributed by atoms with van der Waals surface area (Å²) in [6.07, 6.45) is 8.51. The molecule has 0 aromatic rings. The monoisotopic (exact) mass is 266 g/mol. The molecule has 0 aromatic carbocycles. The Hall–Kier alpha value is -0.0800. The maximum absolute atomic E-state index is 3.82. The van der Waals surface area contributed by atoms with Crippen molar-refractivity contribution in [3.63, 3.8) is 0 Å². The minimum absolute atomic E-state index is 0.796. The molecule has 0 aromatic heterocycles. The lowest BCUT2D eigenvalue weighted by molar-refractivity contribution is 0.182. The Labute approximate surface area is 120 Å². The van der Waals surface area contributed by atoms with E-state index in [0.29, 0.717) is 0 Å². The topological polar surface area (TPSA) is 15.3 Å². The van der Waals surface area contributed by atoms with E-state index in [1.807, 2.05) is 0 Å². The first kappa shape index (κ1) is 15.3. The van der Waals surface area contributed by atoms with Crippen LogP contribution in [-0.2, 0) is 0 Å². The van der Waals surface area contributed by atoms with Crippen molar-refractivity contribution in [3.8, 4) is 0 Å². The van der Waals surface area contributed by atoms with E-state index in [1.165, 1.54) is 64.7 Å². The van der Waals surface area contributed by atoms with E-state index in [1.54, 1.807) is 0 Å². The first-order valence-electron chi connectivity index (χ1n) is 8.61. The summed E-state index contributed by atoms with van der Waals surface area (Å²) in [6.45, 7) is 12.3. The second-order valence-electron chi connectivity index (χ2n) is 7.35. The zero-order valence-electron chi connectivity index (χ0n) is 13.3. The van der Waals surface area contributed by atoms with Crippen LogP contribution in [0.15, 0.2) is 0 Å². The van der Waals surface area contributed by atoms with Gasteiger partial charge in [-0.25, -0.2) is 0 Å². The van der Waals surface area contributed by atoms with Crippen LogP contribution in [0.3, 0.4) is 0 Å². The summed E-state index contributed by atoms with van der Waals surface area (Å²) >= 11 is 0. The number of rotatable bonds is 5. The lowest BCUT2D eigenvalue weighted by Crippen LogP contribution is -2.42. The van der Waals surface area contributed by atoms with Crippen molar-refractivity contribution in [3.05, 3.63) is 0 Å². The Bertz CT molecular complexity index is 244. The molecule has 1 aliphatic carbocycles. The summed E-state index contributed by atoms with van der Waals surface area (Å²) in [7, 11) is 0. The average molecular weight is 266 g/mol. The highest BCUT2D eigenvalue weighted by Gasteiger charge is 2.23. The fraction of sp³-hybridized carbons (Fsp3) is 1.00.